The molecule has 37 heavy (non-hydrogen) atoms. The maximum Gasteiger partial charge on any atom is 0.191 e. The number of nitrogens with zero attached hydrogens (tertiary/aromatic N) is 4. The van der Waals surface area contributed by atoms with Crippen LogP contribution in [-0.4, -0.2) is 45.0 Å². The second-order valence-electron chi connectivity index (χ2n) is 8.82. The van der Waals surface area contributed by atoms with Gasteiger partial charge >= 0.3 is 0 Å². The summed E-state index contributed by atoms with van der Waals surface area (Å²) in [6, 6.07) is 28.0. The Hall–Kier alpha value is -3.81. The van der Waals surface area contributed by atoms with Crippen LogP contribution in [-0.2, 0) is 11.3 Å². The summed E-state index contributed by atoms with van der Waals surface area (Å²) in [5.41, 5.74) is 5.62. The van der Waals surface area contributed by atoms with Crippen molar-refractivity contribution in [2.75, 3.05) is 19.5 Å². The minimum absolute atomic E-state index is 0.0683. The fraction of sp³-hybridized carbons (Fsp3) is 0.200. The van der Waals surface area contributed by atoms with Crippen LogP contribution in [0.5, 0.6) is 0 Å². The molecule has 2 heterocycles. The number of carbonyl (C=O) groups excluding carboxylic acids is 1. The minimum Gasteiger partial charge on any atom is -0.385 e. The van der Waals surface area contributed by atoms with Gasteiger partial charge in [-0.15, -0.1) is 10.2 Å². The van der Waals surface area contributed by atoms with Gasteiger partial charge in [-0.25, -0.2) is 4.98 Å². The largest absolute Gasteiger partial charge is 0.385 e. The van der Waals surface area contributed by atoms with Crippen LogP contribution in [0.15, 0.2) is 90.1 Å². The number of thioether (sulfide) groups is 1. The van der Waals surface area contributed by atoms with Gasteiger partial charge in [0.15, 0.2) is 16.8 Å². The third-order valence-electron chi connectivity index (χ3n) is 6.18. The average molecular weight is 509 g/mol. The number of aryl methyl sites for hydroxylation is 1. The van der Waals surface area contributed by atoms with E-state index in [-0.39, 0.29) is 11.5 Å². The Kier molecular flexibility index (Phi) is 7.73. The molecule has 0 aliphatic rings. The molecule has 2 aromatic heterocycles. The Labute approximate surface area is 220 Å². The number of methoxy groups -OCH3 is 1. The number of carbonyl (C=O) groups is 1. The van der Waals surface area contributed by atoms with Crippen molar-refractivity contribution in [3.8, 4) is 22.6 Å². The van der Waals surface area contributed by atoms with E-state index in [0.717, 1.165) is 45.5 Å². The molecule has 6 nitrogen and oxygen atoms in total. The van der Waals surface area contributed by atoms with Crippen LogP contribution in [0, 0.1) is 6.92 Å². The number of hydrogen-bond acceptors (Lipinski definition) is 6. The van der Waals surface area contributed by atoms with Crippen LogP contribution in [0.25, 0.3) is 33.5 Å². The second-order valence-corrected chi connectivity index (χ2v) is 9.76. The third kappa shape index (κ3) is 5.63. The first-order valence-electron chi connectivity index (χ1n) is 12.2. The number of aromatic nitrogens is 4. The molecule has 0 aliphatic heterocycles. The summed E-state index contributed by atoms with van der Waals surface area (Å²) in [7, 11) is 1.70. The molecule has 0 amide bonds. The summed E-state index contributed by atoms with van der Waals surface area (Å²) in [5.74, 6) is 1.12. The molecule has 0 bridgehead atoms. The lowest BCUT2D eigenvalue weighted by Crippen LogP contribution is -2.08. The minimum atomic E-state index is 0.0683. The van der Waals surface area contributed by atoms with Gasteiger partial charge in [-0.05, 0) is 25.5 Å². The highest BCUT2D eigenvalue weighted by Crippen LogP contribution is 2.33. The Morgan fingerprint density at radius 1 is 0.946 bits per heavy atom. The first-order valence-corrected chi connectivity index (χ1v) is 13.2. The number of fused-ring (bicyclic) bond motifs is 1. The van der Waals surface area contributed by atoms with Gasteiger partial charge in [-0.1, -0.05) is 90.1 Å². The van der Waals surface area contributed by atoms with Crippen molar-refractivity contribution in [2.24, 2.45) is 0 Å². The molecular weight excluding hydrogens is 480 g/mol. The van der Waals surface area contributed by atoms with Gasteiger partial charge in [0.05, 0.1) is 17.0 Å². The molecule has 7 heteroatoms. The van der Waals surface area contributed by atoms with E-state index in [2.05, 4.69) is 39.0 Å². The van der Waals surface area contributed by atoms with E-state index in [9.17, 15) is 4.79 Å². The molecule has 0 atom stereocenters. The summed E-state index contributed by atoms with van der Waals surface area (Å²) in [4.78, 5) is 17.8. The first kappa shape index (κ1) is 24.9. The Morgan fingerprint density at radius 3 is 2.49 bits per heavy atom. The van der Waals surface area contributed by atoms with Crippen molar-refractivity contribution in [3.05, 3.63) is 96.1 Å². The van der Waals surface area contributed by atoms with Crippen molar-refractivity contribution in [2.45, 2.75) is 25.0 Å². The molecule has 0 aliphatic carbocycles. The van der Waals surface area contributed by atoms with Gasteiger partial charge in [0, 0.05) is 42.3 Å². The second kappa shape index (κ2) is 11.5. The molecule has 0 spiro atoms. The fourth-order valence-corrected chi connectivity index (χ4v) is 5.09. The van der Waals surface area contributed by atoms with Crippen LogP contribution in [0.2, 0.25) is 0 Å². The molecule has 0 saturated heterocycles. The van der Waals surface area contributed by atoms with E-state index in [0.29, 0.717) is 23.9 Å². The van der Waals surface area contributed by atoms with Crippen molar-refractivity contribution in [3.63, 3.8) is 0 Å². The summed E-state index contributed by atoms with van der Waals surface area (Å²) in [6.45, 7) is 3.31. The van der Waals surface area contributed by atoms with E-state index < -0.39 is 0 Å². The zero-order valence-electron chi connectivity index (χ0n) is 20.9. The SMILES string of the molecule is COCCCn1c(SCC(=O)c2ccc(C)cc2)nnc1-c1cc(-c2ccccc2)nc2ccccc12. The summed E-state index contributed by atoms with van der Waals surface area (Å²) in [6.07, 6.45) is 0.801. The predicted octanol–water partition coefficient (Wildman–Crippen LogP) is 6.48. The van der Waals surface area contributed by atoms with Crippen molar-refractivity contribution in [1.82, 2.24) is 19.7 Å². The van der Waals surface area contributed by atoms with Gasteiger partial charge in [0.25, 0.3) is 0 Å². The highest BCUT2D eigenvalue weighted by atomic mass is 32.2. The summed E-state index contributed by atoms with van der Waals surface area (Å²) >= 11 is 1.42. The smallest absolute Gasteiger partial charge is 0.191 e. The van der Waals surface area contributed by atoms with E-state index in [1.807, 2.05) is 67.6 Å². The molecular formula is C30H28N4O2S. The molecule has 5 aromatic rings. The van der Waals surface area contributed by atoms with Gasteiger partial charge in [0.1, 0.15) is 0 Å². The van der Waals surface area contributed by atoms with E-state index in [1.54, 1.807) is 7.11 Å². The van der Waals surface area contributed by atoms with E-state index in [1.165, 1.54) is 11.8 Å². The van der Waals surface area contributed by atoms with Crippen LogP contribution in [0.4, 0.5) is 0 Å². The quantitative estimate of drug-likeness (QED) is 0.122. The molecule has 0 unspecified atom stereocenters. The molecule has 0 saturated carbocycles. The van der Waals surface area contributed by atoms with Crippen molar-refractivity contribution < 1.29 is 9.53 Å². The van der Waals surface area contributed by atoms with Crippen LogP contribution >= 0.6 is 11.8 Å². The standard InChI is InChI=1S/C30H28N4O2S/c1-21-13-15-23(16-14-21)28(35)20-37-30-33-32-29(34(30)17-8-18-36-2)25-19-27(22-9-4-3-5-10-22)31-26-12-7-6-11-24(25)26/h3-7,9-16,19H,8,17-18,20H2,1-2H3. The van der Waals surface area contributed by atoms with Gasteiger partial charge < -0.3 is 9.30 Å². The highest BCUT2D eigenvalue weighted by molar-refractivity contribution is 7.99. The van der Waals surface area contributed by atoms with Crippen LogP contribution < -0.4 is 0 Å². The fourth-order valence-electron chi connectivity index (χ4n) is 4.23. The average Bonchev–Trinajstić information content (AvgIpc) is 3.34. The molecule has 3 aromatic carbocycles. The molecule has 0 radical (unpaired) electrons. The first-order chi connectivity index (χ1) is 18.1. The van der Waals surface area contributed by atoms with Gasteiger partial charge in [0.2, 0.25) is 0 Å². The number of ether oxygens (including phenoxy) is 1. The maximum absolute atomic E-state index is 12.8. The number of benzene rings is 3. The zero-order valence-corrected chi connectivity index (χ0v) is 21.7. The number of Topliss-reactive ketones (excluding diaryl/α,β-unsaturated/α-hetero) is 1. The van der Waals surface area contributed by atoms with Gasteiger partial charge in [-0.3, -0.25) is 4.79 Å². The monoisotopic (exact) mass is 508 g/mol. The number of hydrogen-bond donors (Lipinski definition) is 0. The van der Waals surface area contributed by atoms with E-state index in [4.69, 9.17) is 9.72 Å². The predicted molar refractivity (Wildman–Crippen MR) is 149 cm³/mol. The molecule has 5 rings (SSSR count). The van der Waals surface area contributed by atoms with Gasteiger partial charge in [-0.2, -0.15) is 0 Å². The maximum atomic E-state index is 12.8. The van der Waals surface area contributed by atoms with E-state index >= 15 is 0 Å². The number of pyridine rings is 1. The normalized spacial score (nSPS) is 11.2. The lowest BCUT2D eigenvalue weighted by Gasteiger charge is -2.13. The Morgan fingerprint density at radius 2 is 1.70 bits per heavy atom. The van der Waals surface area contributed by atoms with Crippen LogP contribution in [0.3, 0.4) is 0 Å². The Balaban J connectivity index is 1.53. The zero-order chi connectivity index (χ0) is 25.6. The Bertz CT molecular complexity index is 1510. The summed E-state index contributed by atoms with van der Waals surface area (Å²) in [5, 5.41) is 10.9. The number of rotatable bonds is 10. The lowest BCUT2D eigenvalue weighted by atomic mass is 10.0. The molecule has 0 N–H and O–H groups in total. The third-order valence-corrected chi connectivity index (χ3v) is 7.15. The molecule has 186 valence electrons. The summed E-state index contributed by atoms with van der Waals surface area (Å²) < 4.78 is 7.41. The lowest BCUT2D eigenvalue weighted by molar-refractivity contribution is 0.102. The van der Waals surface area contributed by atoms with Crippen molar-refractivity contribution >= 4 is 28.4 Å². The number of ketones is 1. The number of para-hydroxylation sites is 1. The topological polar surface area (TPSA) is 69.9 Å². The van der Waals surface area contributed by atoms with Crippen LogP contribution in [0.1, 0.15) is 22.3 Å². The highest BCUT2D eigenvalue weighted by Gasteiger charge is 2.19. The molecule has 0 fully saturated rings. The van der Waals surface area contributed by atoms with Crippen molar-refractivity contribution in [1.29, 1.82) is 0 Å².